The first-order valence-corrected chi connectivity index (χ1v) is 4.98. The summed E-state index contributed by atoms with van der Waals surface area (Å²) in [7, 11) is 1.10. The molecule has 0 amide bonds. The van der Waals surface area contributed by atoms with Crippen LogP contribution in [0.4, 0.5) is 0 Å². The topological polar surface area (TPSA) is 79.7 Å². The van der Waals surface area contributed by atoms with Gasteiger partial charge in [0, 0.05) is 11.8 Å². The van der Waals surface area contributed by atoms with Gasteiger partial charge in [-0.25, -0.2) is 9.78 Å². The monoisotopic (exact) mass is 265 g/mol. The highest BCUT2D eigenvalue weighted by atomic mass is 35.5. The SMILES string of the molecule is COC(=O)C(O)C(O)c1ccnc(Cl)c1Cl. The number of carbonyl (C=O) groups is 1. The van der Waals surface area contributed by atoms with Crippen molar-refractivity contribution in [2.45, 2.75) is 12.2 Å². The summed E-state index contributed by atoms with van der Waals surface area (Å²) < 4.78 is 4.28. The third kappa shape index (κ3) is 2.62. The molecule has 1 heterocycles. The standard InChI is InChI=1S/C9H9Cl2NO4/c1-16-9(15)7(14)6(13)4-2-3-12-8(11)5(4)10/h2-3,6-7,13-14H,1H3. The van der Waals surface area contributed by atoms with Crippen LogP contribution in [0.1, 0.15) is 11.7 Å². The molecule has 5 nitrogen and oxygen atoms in total. The molecule has 0 fully saturated rings. The minimum absolute atomic E-state index is 0.0142. The van der Waals surface area contributed by atoms with Crippen LogP contribution in [0.15, 0.2) is 12.3 Å². The maximum absolute atomic E-state index is 11.0. The Hall–Kier alpha value is -0.880. The quantitative estimate of drug-likeness (QED) is 0.629. The van der Waals surface area contributed by atoms with Crippen LogP contribution >= 0.6 is 23.2 Å². The molecular formula is C9H9Cl2NO4. The van der Waals surface area contributed by atoms with Crippen LogP contribution in [-0.4, -0.2) is 34.4 Å². The molecule has 1 aromatic heterocycles. The summed E-state index contributed by atoms with van der Waals surface area (Å²) in [5.74, 6) is -0.962. The molecule has 2 N–H and O–H groups in total. The Bertz CT molecular complexity index is 399. The van der Waals surface area contributed by atoms with E-state index in [2.05, 4.69) is 9.72 Å². The summed E-state index contributed by atoms with van der Waals surface area (Å²) in [5, 5.41) is 19.0. The van der Waals surface area contributed by atoms with Crippen molar-refractivity contribution in [1.29, 1.82) is 0 Å². The molecule has 0 radical (unpaired) electrons. The van der Waals surface area contributed by atoms with Crippen LogP contribution in [0.3, 0.4) is 0 Å². The number of aliphatic hydroxyl groups is 2. The average molecular weight is 266 g/mol. The number of ether oxygens (including phenoxy) is 1. The van der Waals surface area contributed by atoms with Gasteiger partial charge in [0.1, 0.15) is 11.3 Å². The first-order chi connectivity index (χ1) is 7.49. The molecule has 0 saturated heterocycles. The van der Waals surface area contributed by atoms with E-state index < -0.39 is 18.2 Å². The molecule has 0 aliphatic rings. The zero-order valence-electron chi connectivity index (χ0n) is 8.22. The van der Waals surface area contributed by atoms with E-state index in [0.717, 1.165) is 7.11 Å². The van der Waals surface area contributed by atoms with Gasteiger partial charge in [-0.15, -0.1) is 0 Å². The third-order valence-electron chi connectivity index (χ3n) is 1.94. The van der Waals surface area contributed by atoms with E-state index in [1.807, 2.05) is 0 Å². The minimum Gasteiger partial charge on any atom is -0.467 e. The summed E-state index contributed by atoms with van der Waals surface area (Å²) >= 11 is 11.4. The molecule has 0 aliphatic carbocycles. The van der Waals surface area contributed by atoms with E-state index in [4.69, 9.17) is 23.2 Å². The van der Waals surface area contributed by atoms with Gasteiger partial charge in [-0.1, -0.05) is 23.2 Å². The molecule has 7 heteroatoms. The molecule has 0 aliphatic heterocycles. The predicted molar refractivity (Wildman–Crippen MR) is 57.2 cm³/mol. The Labute approximate surface area is 102 Å². The van der Waals surface area contributed by atoms with Crippen LogP contribution in [0.25, 0.3) is 0 Å². The number of carbonyl (C=O) groups excluding carboxylic acids is 1. The number of nitrogens with zero attached hydrogens (tertiary/aromatic N) is 1. The zero-order valence-corrected chi connectivity index (χ0v) is 9.74. The number of methoxy groups -OCH3 is 1. The molecule has 88 valence electrons. The number of hydrogen-bond acceptors (Lipinski definition) is 5. The highest BCUT2D eigenvalue weighted by molar-refractivity contribution is 6.41. The normalized spacial score (nSPS) is 14.3. The lowest BCUT2D eigenvalue weighted by molar-refractivity contribution is -0.156. The van der Waals surface area contributed by atoms with Gasteiger partial charge in [-0.3, -0.25) is 0 Å². The number of hydrogen-bond donors (Lipinski definition) is 2. The van der Waals surface area contributed by atoms with Gasteiger partial charge < -0.3 is 14.9 Å². The van der Waals surface area contributed by atoms with E-state index >= 15 is 0 Å². The summed E-state index contributed by atoms with van der Waals surface area (Å²) in [6, 6.07) is 1.35. The molecule has 0 spiro atoms. The second-order valence-corrected chi connectivity index (χ2v) is 3.65. The van der Waals surface area contributed by atoms with E-state index in [0.29, 0.717) is 0 Å². The first kappa shape index (κ1) is 13.2. The number of rotatable bonds is 3. The molecule has 2 atom stereocenters. The molecular weight excluding hydrogens is 257 g/mol. The highest BCUT2D eigenvalue weighted by Crippen LogP contribution is 2.29. The van der Waals surface area contributed by atoms with Crippen LogP contribution < -0.4 is 0 Å². The molecule has 2 unspecified atom stereocenters. The van der Waals surface area contributed by atoms with Crippen molar-refractivity contribution in [2.75, 3.05) is 7.11 Å². The summed E-state index contributed by atoms with van der Waals surface area (Å²) in [6.45, 7) is 0. The van der Waals surface area contributed by atoms with Crippen molar-refractivity contribution >= 4 is 29.2 Å². The summed E-state index contributed by atoms with van der Waals surface area (Å²) in [6.07, 6.45) is -1.93. The van der Waals surface area contributed by atoms with Crippen LogP contribution in [-0.2, 0) is 9.53 Å². The molecule has 0 aromatic carbocycles. The van der Waals surface area contributed by atoms with E-state index in [1.165, 1.54) is 12.3 Å². The minimum atomic E-state index is -1.72. The van der Waals surface area contributed by atoms with Crippen molar-refractivity contribution in [3.8, 4) is 0 Å². The molecule has 0 saturated carbocycles. The van der Waals surface area contributed by atoms with Crippen molar-refractivity contribution in [3.05, 3.63) is 28.0 Å². The van der Waals surface area contributed by atoms with Crippen molar-refractivity contribution in [2.24, 2.45) is 0 Å². The number of esters is 1. The van der Waals surface area contributed by atoms with Gasteiger partial charge in [0.15, 0.2) is 6.10 Å². The fraction of sp³-hybridized carbons (Fsp3) is 0.333. The maximum Gasteiger partial charge on any atom is 0.337 e. The Kier molecular flexibility index (Phi) is 4.49. The second-order valence-electron chi connectivity index (χ2n) is 2.92. The fourth-order valence-electron chi connectivity index (χ4n) is 1.08. The zero-order chi connectivity index (χ0) is 12.3. The van der Waals surface area contributed by atoms with Gasteiger partial charge in [0.05, 0.1) is 12.1 Å². The van der Waals surface area contributed by atoms with Crippen LogP contribution in [0.2, 0.25) is 10.2 Å². The maximum atomic E-state index is 11.0. The van der Waals surface area contributed by atoms with E-state index in [-0.39, 0.29) is 15.7 Å². The highest BCUT2D eigenvalue weighted by Gasteiger charge is 2.28. The number of aliphatic hydroxyl groups excluding tert-OH is 2. The van der Waals surface area contributed by atoms with Crippen molar-refractivity contribution in [3.63, 3.8) is 0 Å². The number of aromatic nitrogens is 1. The fourth-order valence-corrected chi connectivity index (χ4v) is 1.47. The predicted octanol–water partition coefficient (Wildman–Crippen LogP) is 0.956. The molecule has 1 rings (SSSR count). The van der Waals surface area contributed by atoms with E-state index in [1.54, 1.807) is 0 Å². The van der Waals surface area contributed by atoms with Gasteiger partial charge in [-0.2, -0.15) is 0 Å². The lowest BCUT2D eigenvalue weighted by Crippen LogP contribution is -2.29. The Balaban J connectivity index is 3.00. The Morgan fingerprint density at radius 3 is 2.69 bits per heavy atom. The largest absolute Gasteiger partial charge is 0.467 e. The smallest absolute Gasteiger partial charge is 0.337 e. The molecule has 0 bridgehead atoms. The van der Waals surface area contributed by atoms with E-state index in [9.17, 15) is 15.0 Å². The lowest BCUT2D eigenvalue weighted by atomic mass is 10.1. The van der Waals surface area contributed by atoms with Crippen molar-refractivity contribution in [1.82, 2.24) is 4.98 Å². The Morgan fingerprint density at radius 2 is 2.12 bits per heavy atom. The van der Waals surface area contributed by atoms with Crippen LogP contribution in [0, 0.1) is 0 Å². The van der Waals surface area contributed by atoms with Gasteiger partial charge in [-0.05, 0) is 6.07 Å². The molecule has 1 aromatic rings. The number of halogens is 2. The third-order valence-corrected chi connectivity index (χ3v) is 2.72. The van der Waals surface area contributed by atoms with Gasteiger partial charge in [0.2, 0.25) is 0 Å². The number of pyridine rings is 1. The average Bonchev–Trinajstić information content (AvgIpc) is 2.29. The van der Waals surface area contributed by atoms with Crippen molar-refractivity contribution < 1.29 is 19.7 Å². The summed E-state index contributed by atoms with van der Waals surface area (Å²) in [4.78, 5) is 14.7. The van der Waals surface area contributed by atoms with Gasteiger partial charge >= 0.3 is 5.97 Å². The Morgan fingerprint density at radius 1 is 1.50 bits per heavy atom. The van der Waals surface area contributed by atoms with Crippen LogP contribution in [0.5, 0.6) is 0 Å². The second kappa shape index (κ2) is 5.45. The lowest BCUT2D eigenvalue weighted by Gasteiger charge is -2.17. The first-order valence-electron chi connectivity index (χ1n) is 4.23. The summed E-state index contributed by atoms with van der Waals surface area (Å²) in [5.41, 5.74) is 0.111. The van der Waals surface area contributed by atoms with Gasteiger partial charge in [0.25, 0.3) is 0 Å². The molecule has 16 heavy (non-hydrogen) atoms.